The minimum absolute atomic E-state index is 0.199. The molecule has 0 bridgehead atoms. The van der Waals surface area contributed by atoms with Crippen LogP contribution in [0.3, 0.4) is 0 Å². The van der Waals surface area contributed by atoms with E-state index in [1.165, 1.54) is 0 Å². The maximum absolute atomic E-state index is 5.39. The van der Waals surface area contributed by atoms with Gasteiger partial charge in [-0.2, -0.15) is 12.6 Å². The highest BCUT2D eigenvalue weighted by molar-refractivity contribution is 7.80. The van der Waals surface area contributed by atoms with Gasteiger partial charge in [0, 0.05) is 0 Å². The van der Waals surface area contributed by atoms with Crippen LogP contribution >= 0.6 is 12.6 Å². The van der Waals surface area contributed by atoms with Crippen molar-refractivity contribution in [2.45, 2.75) is 20.8 Å². The van der Waals surface area contributed by atoms with E-state index >= 15 is 0 Å². The number of hydrogen-bond acceptors (Lipinski definition) is 2. The van der Waals surface area contributed by atoms with E-state index in [1.807, 2.05) is 19.1 Å². The van der Waals surface area contributed by atoms with Gasteiger partial charge in [-0.1, -0.05) is 26.0 Å². The van der Waals surface area contributed by atoms with E-state index in [0.717, 1.165) is 12.4 Å². The molecule has 0 heterocycles. The number of thiol groups is 1. The van der Waals surface area contributed by atoms with Crippen LogP contribution in [-0.4, -0.2) is 19.0 Å². The molecule has 0 aromatic carbocycles. The van der Waals surface area contributed by atoms with E-state index in [-0.39, 0.29) is 5.41 Å². The molecule has 0 aliphatic heterocycles. The Labute approximate surface area is 75.2 Å². The molecule has 0 rings (SSSR count). The molecule has 66 valence electrons. The molecule has 0 atom stereocenters. The Hall–Kier alpha value is 0.0500. The van der Waals surface area contributed by atoms with Crippen molar-refractivity contribution in [1.29, 1.82) is 0 Å². The van der Waals surface area contributed by atoms with Crippen molar-refractivity contribution in [3.05, 3.63) is 12.2 Å². The van der Waals surface area contributed by atoms with Crippen LogP contribution in [0.5, 0.6) is 0 Å². The normalized spacial score (nSPS) is 12.7. The van der Waals surface area contributed by atoms with Gasteiger partial charge in [0.2, 0.25) is 0 Å². The Morgan fingerprint density at radius 3 is 2.55 bits per heavy atom. The molecular weight excluding hydrogens is 156 g/mol. The van der Waals surface area contributed by atoms with Crippen molar-refractivity contribution in [2.75, 3.05) is 19.0 Å². The summed E-state index contributed by atoms with van der Waals surface area (Å²) in [5.74, 6) is 0.864. The SMILES string of the molecule is CC=CCOCC(C)(C)CS. The molecule has 0 amide bonds. The fourth-order valence-corrected chi connectivity index (χ4v) is 0.636. The first kappa shape index (κ1) is 11.1. The fourth-order valence-electron chi connectivity index (χ4n) is 0.545. The standard InChI is InChI=1S/C9H18OS/c1-4-5-6-10-7-9(2,3)8-11/h4-5,11H,6-8H2,1-3H3. The zero-order valence-electron chi connectivity index (χ0n) is 7.63. The summed E-state index contributed by atoms with van der Waals surface area (Å²) < 4.78 is 5.39. The van der Waals surface area contributed by atoms with Gasteiger partial charge in [-0.15, -0.1) is 0 Å². The molecule has 2 heteroatoms. The smallest absolute Gasteiger partial charge is 0.0647 e. The molecule has 11 heavy (non-hydrogen) atoms. The van der Waals surface area contributed by atoms with Crippen LogP contribution in [0.1, 0.15) is 20.8 Å². The van der Waals surface area contributed by atoms with Crippen LogP contribution in [0.2, 0.25) is 0 Å². The van der Waals surface area contributed by atoms with E-state index in [2.05, 4.69) is 26.5 Å². The Kier molecular flexibility index (Phi) is 5.69. The first-order valence-corrected chi connectivity index (χ1v) is 4.55. The third-order valence-electron chi connectivity index (χ3n) is 1.37. The average molecular weight is 174 g/mol. The van der Waals surface area contributed by atoms with Crippen LogP contribution in [0.4, 0.5) is 0 Å². The third-order valence-corrected chi connectivity index (χ3v) is 2.23. The number of rotatable bonds is 5. The lowest BCUT2D eigenvalue weighted by atomic mass is 9.98. The summed E-state index contributed by atoms with van der Waals surface area (Å²) in [7, 11) is 0. The van der Waals surface area contributed by atoms with E-state index < -0.39 is 0 Å². The highest BCUT2D eigenvalue weighted by Gasteiger charge is 2.14. The van der Waals surface area contributed by atoms with Crippen molar-refractivity contribution in [3.8, 4) is 0 Å². The molecule has 0 aliphatic rings. The molecule has 0 N–H and O–H groups in total. The molecule has 1 nitrogen and oxygen atoms in total. The molecule has 0 unspecified atom stereocenters. The summed E-state index contributed by atoms with van der Waals surface area (Å²) in [5.41, 5.74) is 0.199. The highest BCUT2D eigenvalue weighted by Crippen LogP contribution is 2.16. The molecule has 0 aromatic heterocycles. The van der Waals surface area contributed by atoms with Crippen LogP contribution in [0, 0.1) is 5.41 Å². The first-order chi connectivity index (χ1) is 5.12. The Bertz CT molecular complexity index is 119. The molecule has 0 aliphatic carbocycles. The van der Waals surface area contributed by atoms with Crippen molar-refractivity contribution in [2.24, 2.45) is 5.41 Å². The van der Waals surface area contributed by atoms with Crippen LogP contribution in [-0.2, 0) is 4.74 Å². The van der Waals surface area contributed by atoms with Crippen molar-refractivity contribution in [1.82, 2.24) is 0 Å². The summed E-state index contributed by atoms with van der Waals surface area (Å²) in [5, 5.41) is 0. The molecule has 0 fully saturated rings. The summed E-state index contributed by atoms with van der Waals surface area (Å²) in [6.45, 7) is 7.78. The van der Waals surface area contributed by atoms with Gasteiger partial charge in [0.15, 0.2) is 0 Å². The molecule has 0 radical (unpaired) electrons. The van der Waals surface area contributed by atoms with Gasteiger partial charge in [0.25, 0.3) is 0 Å². The fraction of sp³-hybridized carbons (Fsp3) is 0.778. The summed E-state index contributed by atoms with van der Waals surface area (Å²) in [6.07, 6.45) is 4.00. The van der Waals surface area contributed by atoms with Gasteiger partial charge in [0.05, 0.1) is 13.2 Å². The van der Waals surface area contributed by atoms with Crippen LogP contribution in [0.25, 0.3) is 0 Å². The second-order valence-corrected chi connectivity index (χ2v) is 3.72. The Morgan fingerprint density at radius 1 is 1.45 bits per heavy atom. The zero-order valence-corrected chi connectivity index (χ0v) is 8.53. The minimum atomic E-state index is 0.199. The van der Waals surface area contributed by atoms with Gasteiger partial charge in [-0.25, -0.2) is 0 Å². The second kappa shape index (κ2) is 5.67. The first-order valence-electron chi connectivity index (χ1n) is 3.92. The lowest BCUT2D eigenvalue weighted by molar-refractivity contribution is 0.0935. The molecular formula is C9H18OS. The quantitative estimate of drug-likeness (QED) is 0.383. The van der Waals surface area contributed by atoms with Crippen molar-refractivity contribution in [3.63, 3.8) is 0 Å². The van der Waals surface area contributed by atoms with Gasteiger partial charge in [-0.05, 0) is 18.1 Å². The van der Waals surface area contributed by atoms with Gasteiger partial charge in [0.1, 0.15) is 0 Å². The van der Waals surface area contributed by atoms with Gasteiger partial charge >= 0.3 is 0 Å². The third kappa shape index (κ3) is 6.45. The minimum Gasteiger partial charge on any atom is -0.377 e. The van der Waals surface area contributed by atoms with Crippen LogP contribution < -0.4 is 0 Å². The molecule has 0 saturated heterocycles. The summed E-state index contributed by atoms with van der Waals surface area (Å²) in [6, 6.07) is 0. The maximum Gasteiger partial charge on any atom is 0.0647 e. The zero-order chi connectivity index (χ0) is 8.74. The molecule has 0 spiro atoms. The van der Waals surface area contributed by atoms with Gasteiger partial charge < -0.3 is 4.74 Å². The van der Waals surface area contributed by atoms with E-state index in [0.29, 0.717) is 6.61 Å². The highest BCUT2D eigenvalue weighted by atomic mass is 32.1. The molecule has 0 aromatic rings. The molecule has 0 saturated carbocycles. The second-order valence-electron chi connectivity index (χ2n) is 3.41. The number of allylic oxidation sites excluding steroid dienone is 1. The predicted octanol–water partition coefficient (Wildman–Crippen LogP) is 2.54. The van der Waals surface area contributed by atoms with Crippen molar-refractivity contribution >= 4 is 12.6 Å². The largest absolute Gasteiger partial charge is 0.377 e. The predicted molar refractivity (Wildman–Crippen MR) is 53.3 cm³/mol. The number of ether oxygens (including phenoxy) is 1. The van der Waals surface area contributed by atoms with Crippen molar-refractivity contribution < 1.29 is 4.74 Å². The summed E-state index contributed by atoms with van der Waals surface area (Å²) in [4.78, 5) is 0. The lowest BCUT2D eigenvalue weighted by Crippen LogP contribution is -2.21. The monoisotopic (exact) mass is 174 g/mol. The van der Waals surface area contributed by atoms with Crippen LogP contribution in [0.15, 0.2) is 12.2 Å². The maximum atomic E-state index is 5.39. The topological polar surface area (TPSA) is 9.23 Å². The summed E-state index contributed by atoms with van der Waals surface area (Å²) >= 11 is 4.23. The lowest BCUT2D eigenvalue weighted by Gasteiger charge is -2.20. The van der Waals surface area contributed by atoms with E-state index in [9.17, 15) is 0 Å². The van der Waals surface area contributed by atoms with E-state index in [4.69, 9.17) is 4.74 Å². The number of hydrogen-bond donors (Lipinski definition) is 1. The Balaban J connectivity index is 3.37. The Morgan fingerprint density at radius 2 is 2.09 bits per heavy atom. The average Bonchev–Trinajstić information content (AvgIpc) is 1.99. The van der Waals surface area contributed by atoms with E-state index in [1.54, 1.807) is 0 Å². The van der Waals surface area contributed by atoms with Gasteiger partial charge in [-0.3, -0.25) is 0 Å².